The van der Waals surface area contributed by atoms with Crippen molar-refractivity contribution in [2.45, 2.75) is 32.1 Å². The quantitative estimate of drug-likeness (QED) is 0.248. The van der Waals surface area contributed by atoms with E-state index < -0.39 is 20.4 Å². The Hall–Kier alpha value is -1.27. The van der Waals surface area contributed by atoms with Crippen molar-refractivity contribution >= 4 is 26.3 Å². The van der Waals surface area contributed by atoms with Gasteiger partial charge in [0.1, 0.15) is 0 Å². The summed E-state index contributed by atoms with van der Waals surface area (Å²) in [5.74, 6) is 0.652. The fraction of sp³-hybridized carbons (Fsp3) is 0.500. The molecule has 5 nitrogen and oxygen atoms in total. The molecule has 0 saturated heterocycles. The zero-order valence-corrected chi connectivity index (χ0v) is 13.4. The van der Waals surface area contributed by atoms with Crippen LogP contribution in [-0.2, 0) is 0 Å². The van der Waals surface area contributed by atoms with Gasteiger partial charge < -0.3 is 0 Å². The van der Waals surface area contributed by atoms with E-state index >= 15 is 0 Å². The van der Waals surface area contributed by atoms with Crippen LogP contribution in [0.25, 0.3) is 10.4 Å². The number of hydrogen-bond acceptors (Lipinski definition) is 2. The van der Waals surface area contributed by atoms with E-state index in [-0.39, 0.29) is 5.91 Å². The molecule has 1 aromatic rings. The number of rotatable bonds is 3. The SMILES string of the molecule is [N-]=[N+]=NI1c2ccccc2C(=O)N1CC1CCCCC1. The molecule has 1 heterocycles. The first-order chi connectivity index (χ1) is 9.81. The van der Waals surface area contributed by atoms with Crippen molar-refractivity contribution in [2.24, 2.45) is 9.25 Å². The van der Waals surface area contributed by atoms with Gasteiger partial charge in [0.15, 0.2) is 0 Å². The summed E-state index contributed by atoms with van der Waals surface area (Å²) in [6.45, 7) is 0.775. The van der Waals surface area contributed by atoms with Crippen LogP contribution in [0.1, 0.15) is 42.5 Å². The van der Waals surface area contributed by atoms with Crippen LogP contribution in [-0.4, -0.2) is 15.6 Å². The van der Waals surface area contributed by atoms with Crippen LogP contribution >= 0.6 is 20.4 Å². The van der Waals surface area contributed by atoms with Gasteiger partial charge in [-0.25, -0.2) is 0 Å². The molecular formula is C14H17IN4O. The number of halogens is 1. The summed E-state index contributed by atoms with van der Waals surface area (Å²) in [6.07, 6.45) is 6.22. The molecule has 0 aromatic heterocycles. The van der Waals surface area contributed by atoms with Gasteiger partial charge in [-0.05, 0) is 0 Å². The maximum atomic E-state index is 12.5. The molecule has 0 atom stereocenters. The van der Waals surface area contributed by atoms with Crippen molar-refractivity contribution in [3.05, 3.63) is 43.8 Å². The van der Waals surface area contributed by atoms with Gasteiger partial charge in [0.2, 0.25) is 0 Å². The Bertz CT molecular complexity index is 564. The fourth-order valence-corrected chi connectivity index (χ4v) is 7.29. The van der Waals surface area contributed by atoms with Crippen LogP contribution in [0.2, 0.25) is 0 Å². The van der Waals surface area contributed by atoms with Crippen LogP contribution in [0.3, 0.4) is 0 Å². The molecule has 0 spiro atoms. The van der Waals surface area contributed by atoms with E-state index in [0.29, 0.717) is 5.92 Å². The van der Waals surface area contributed by atoms with Gasteiger partial charge in [-0.3, -0.25) is 0 Å². The number of amides is 1. The first-order valence-corrected chi connectivity index (χ1v) is 9.98. The zero-order chi connectivity index (χ0) is 13.9. The van der Waals surface area contributed by atoms with Crippen molar-refractivity contribution < 1.29 is 4.79 Å². The van der Waals surface area contributed by atoms with Crippen molar-refractivity contribution in [1.29, 1.82) is 0 Å². The van der Waals surface area contributed by atoms with Crippen LogP contribution < -0.4 is 0 Å². The molecule has 1 saturated carbocycles. The second kappa shape index (κ2) is 6.01. The van der Waals surface area contributed by atoms with Crippen molar-refractivity contribution in [3.8, 4) is 0 Å². The predicted molar refractivity (Wildman–Crippen MR) is 85.9 cm³/mol. The van der Waals surface area contributed by atoms with E-state index in [1.807, 2.05) is 27.4 Å². The second-order valence-corrected chi connectivity index (χ2v) is 9.40. The summed E-state index contributed by atoms with van der Waals surface area (Å²) in [5.41, 5.74) is 9.57. The van der Waals surface area contributed by atoms with Crippen LogP contribution in [0.4, 0.5) is 0 Å². The Morgan fingerprint density at radius 3 is 2.80 bits per heavy atom. The van der Waals surface area contributed by atoms with E-state index in [1.54, 1.807) is 0 Å². The fourth-order valence-electron chi connectivity index (χ4n) is 2.95. The third-order valence-electron chi connectivity index (χ3n) is 3.95. The molecule has 3 rings (SSSR count). The van der Waals surface area contributed by atoms with E-state index in [2.05, 4.69) is 8.24 Å². The monoisotopic (exact) mass is 384 g/mol. The number of hydrogen-bond donors (Lipinski definition) is 0. The molecule has 1 aliphatic carbocycles. The summed E-state index contributed by atoms with van der Waals surface area (Å²) in [6, 6.07) is 7.61. The molecule has 1 aromatic carbocycles. The number of azide groups is 1. The maximum absolute atomic E-state index is 12.5. The number of carbonyl (C=O) groups excluding carboxylic acids is 1. The van der Waals surface area contributed by atoms with Gasteiger partial charge in [0.25, 0.3) is 0 Å². The molecule has 1 amide bonds. The van der Waals surface area contributed by atoms with E-state index in [4.69, 9.17) is 5.53 Å². The summed E-state index contributed by atoms with van der Waals surface area (Å²) in [7, 11) is 0. The second-order valence-electron chi connectivity index (χ2n) is 5.24. The molecule has 0 unspecified atom stereocenters. The van der Waals surface area contributed by atoms with Gasteiger partial charge in [0, 0.05) is 0 Å². The van der Waals surface area contributed by atoms with Gasteiger partial charge >= 0.3 is 126 Å². The van der Waals surface area contributed by atoms with Crippen molar-refractivity contribution in [2.75, 3.05) is 6.54 Å². The molecule has 20 heavy (non-hydrogen) atoms. The van der Waals surface area contributed by atoms with Crippen molar-refractivity contribution in [1.82, 2.24) is 3.11 Å². The molecule has 0 radical (unpaired) electrons. The minimum absolute atomic E-state index is 0.0729. The average Bonchev–Trinajstić information content (AvgIpc) is 2.75. The summed E-state index contributed by atoms with van der Waals surface area (Å²) >= 11 is -2.23. The van der Waals surface area contributed by atoms with Crippen LogP contribution in [0.15, 0.2) is 27.6 Å². The number of fused-ring (bicyclic) bond motifs is 1. The normalized spacial score (nSPS) is 20.7. The number of nitrogens with zero attached hydrogens (tertiary/aromatic N) is 4. The molecule has 106 valence electrons. The third-order valence-corrected chi connectivity index (χ3v) is 8.47. The molecule has 1 aliphatic heterocycles. The van der Waals surface area contributed by atoms with Gasteiger partial charge in [-0.15, -0.1) is 0 Å². The molecule has 0 bridgehead atoms. The molecular weight excluding hydrogens is 367 g/mol. The Morgan fingerprint density at radius 2 is 2.05 bits per heavy atom. The first kappa shape index (κ1) is 13.7. The summed E-state index contributed by atoms with van der Waals surface area (Å²) < 4.78 is 6.91. The summed E-state index contributed by atoms with van der Waals surface area (Å²) in [5, 5.41) is 0. The Balaban J connectivity index is 1.86. The Labute approximate surface area is 126 Å². The van der Waals surface area contributed by atoms with Gasteiger partial charge in [-0.2, -0.15) is 0 Å². The standard InChI is InChI=1S/C14H17IN4O/c16-18-17-15-13-9-5-4-8-12(13)14(20)19(15)10-11-6-2-1-3-7-11/h4-5,8-9,11H,1-3,6-7,10H2. The van der Waals surface area contributed by atoms with E-state index in [0.717, 1.165) is 15.7 Å². The third kappa shape index (κ3) is 2.50. The molecule has 0 N–H and O–H groups in total. The molecule has 2 aliphatic rings. The van der Waals surface area contributed by atoms with Crippen molar-refractivity contribution in [3.63, 3.8) is 0 Å². The number of benzene rings is 1. The topological polar surface area (TPSA) is 69.1 Å². The van der Waals surface area contributed by atoms with E-state index in [1.165, 1.54) is 32.1 Å². The number of carbonyl (C=O) groups is 1. The van der Waals surface area contributed by atoms with E-state index in [9.17, 15) is 4.79 Å². The molecule has 1 fully saturated rings. The summed E-state index contributed by atoms with van der Waals surface area (Å²) in [4.78, 5) is 15.5. The Kier molecular flexibility index (Phi) is 4.12. The minimum atomic E-state index is -2.23. The average molecular weight is 384 g/mol. The van der Waals surface area contributed by atoms with Crippen LogP contribution in [0.5, 0.6) is 0 Å². The predicted octanol–water partition coefficient (Wildman–Crippen LogP) is 4.54. The van der Waals surface area contributed by atoms with Gasteiger partial charge in [0.05, 0.1) is 0 Å². The molecule has 6 heteroatoms. The Morgan fingerprint density at radius 1 is 1.30 bits per heavy atom. The van der Waals surface area contributed by atoms with Gasteiger partial charge in [-0.1, -0.05) is 0 Å². The van der Waals surface area contributed by atoms with Crippen LogP contribution in [0, 0.1) is 9.49 Å². The first-order valence-electron chi connectivity index (χ1n) is 6.97. The zero-order valence-electron chi connectivity index (χ0n) is 11.2.